The minimum Gasteiger partial charge on any atom is -0.394 e. The SMILES string of the molecule is CCCCCCCCC/C=C/CCCCCCCCCO[C@H](CO)[C@@H]1OC[C@H](O)[C@@H]1O. The average Bonchev–Trinajstić information content (AvgIpc) is 3.11. The first-order chi connectivity index (χ1) is 15.2. The van der Waals surface area contributed by atoms with E-state index in [1.54, 1.807) is 0 Å². The van der Waals surface area contributed by atoms with Crippen molar-refractivity contribution in [1.82, 2.24) is 0 Å². The second-order valence-electron chi connectivity index (χ2n) is 9.09. The fraction of sp³-hybridized carbons (Fsp3) is 0.923. The van der Waals surface area contributed by atoms with E-state index in [1.807, 2.05) is 0 Å². The third-order valence-electron chi connectivity index (χ3n) is 6.22. The van der Waals surface area contributed by atoms with Gasteiger partial charge >= 0.3 is 0 Å². The summed E-state index contributed by atoms with van der Waals surface area (Å²) < 4.78 is 11.0. The van der Waals surface area contributed by atoms with Gasteiger partial charge in [-0.25, -0.2) is 0 Å². The Labute approximate surface area is 191 Å². The zero-order valence-electron chi connectivity index (χ0n) is 20.1. The molecule has 0 amide bonds. The number of hydrogen-bond donors (Lipinski definition) is 3. The molecule has 0 unspecified atom stereocenters. The highest BCUT2D eigenvalue weighted by Gasteiger charge is 2.40. The van der Waals surface area contributed by atoms with Crippen molar-refractivity contribution >= 4 is 0 Å². The summed E-state index contributed by atoms with van der Waals surface area (Å²) in [5.74, 6) is 0. The van der Waals surface area contributed by atoms with Crippen LogP contribution in [0.5, 0.6) is 0 Å². The minimum absolute atomic E-state index is 0.0979. The number of rotatable bonds is 21. The second kappa shape index (κ2) is 20.2. The highest BCUT2D eigenvalue weighted by molar-refractivity contribution is 4.88. The summed E-state index contributed by atoms with van der Waals surface area (Å²) in [6, 6.07) is 0. The van der Waals surface area contributed by atoms with Crippen molar-refractivity contribution in [1.29, 1.82) is 0 Å². The molecular formula is C26H50O5. The van der Waals surface area contributed by atoms with E-state index in [2.05, 4.69) is 19.1 Å². The monoisotopic (exact) mass is 442 g/mol. The molecule has 1 heterocycles. The van der Waals surface area contributed by atoms with Crippen molar-refractivity contribution < 1.29 is 24.8 Å². The standard InChI is InChI=1S/C26H50O5/c1-2-3-4-5-6-7-8-9-10-11-12-13-14-15-16-17-18-19-20-30-24(21-27)26-25(29)23(28)22-31-26/h10-11,23-29H,2-9,12-22H2,1H3/b11-10+/t23-,24+,25-,26-/m0/s1. The van der Waals surface area contributed by atoms with Crippen LogP contribution in [-0.4, -0.2) is 59.6 Å². The van der Waals surface area contributed by atoms with Gasteiger partial charge in [-0.15, -0.1) is 0 Å². The molecule has 0 saturated carbocycles. The molecule has 1 rings (SSSR count). The fourth-order valence-corrected chi connectivity index (χ4v) is 4.14. The Bertz CT molecular complexity index is 415. The maximum atomic E-state index is 9.85. The van der Waals surface area contributed by atoms with Gasteiger partial charge in [0, 0.05) is 6.61 Å². The molecule has 4 atom stereocenters. The minimum atomic E-state index is -0.979. The number of aliphatic hydroxyl groups excluding tert-OH is 3. The molecule has 0 aliphatic carbocycles. The van der Waals surface area contributed by atoms with E-state index in [4.69, 9.17) is 9.47 Å². The first-order valence-corrected chi connectivity index (χ1v) is 13.1. The van der Waals surface area contributed by atoms with Crippen LogP contribution >= 0.6 is 0 Å². The molecule has 0 aromatic rings. The molecular weight excluding hydrogens is 392 g/mol. The van der Waals surface area contributed by atoms with Crippen LogP contribution in [0.1, 0.15) is 110 Å². The molecule has 0 spiro atoms. The van der Waals surface area contributed by atoms with Gasteiger partial charge in [-0.05, 0) is 32.1 Å². The van der Waals surface area contributed by atoms with Crippen molar-refractivity contribution in [2.75, 3.05) is 19.8 Å². The summed E-state index contributed by atoms with van der Waals surface area (Å²) in [5.41, 5.74) is 0. The lowest BCUT2D eigenvalue weighted by Gasteiger charge is -2.24. The molecule has 184 valence electrons. The Hall–Kier alpha value is -0.460. The molecule has 0 aromatic heterocycles. The van der Waals surface area contributed by atoms with E-state index in [9.17, 15) is 15.3 Å². The molecule has 0 aromatic carbocycles. The fourth-order valence-electron chi connectivity index (χ4n) is 4.14. The topological polar surface area (TPSA) is 79.2 Å². The van der Waals surface area contributed by atoms with Gasteiger partial charge in [-0.1, -0.05) is 89.7 Å². The third-order valence-corrected chi connectivity index (χ3v) is 6.22. The van der Waals surface area contributed by atoms with Gasteiger partial charge in [0.25, 0.3) is 0 Å². The van der Waals surface area contributed by atoms with Gasteiger partial charge in [-0.2, -0.15) is 0 Å². The molecule has 0 radical (unpaired) electrons. The van der Waals surface area contributed by atoms with Gasteiger partial charge in [0.05, 0.1) is 13.2 Å². The van der Waals surface area contributed by atoms with Gasteiger partial charge in [-0.3, -0.25) is 0 Å². The van der Waals surface area contributed by atoms with Crippen LogP contribution in [0.15, 0.2) is 12.2 Å². The van der Waals surface area contributed by atoms with E-state index in [0.29, 0.717) is 6.61 Å². The van der Waals surface area contributed by atoms with E-state index in [0.717, 1.165) is 12.8 Å². The number of unbranched alkanes of at least 4 members (excludes halogenated alkanes) is 14. The van der Waals surface area contributed by atoms with E-state index in [1.165, 1.54) is 89.9 Å². The molecule has 31 heavy (non-hydrogen) atoms. The lowest BCUT2D eigenvalue weighted by atomic mass is 10.1. The highest BCUT2D eigenvalue weighted by Crippen LogP contribution is 2.20. The van der Waals surface area contributed by atoms with Crippen LogP contribution in [0.3, 0.4) is 0 Å². The molecule has 0 bridgehead atoms. The third kappa shape index (κ3) is 14.3. The van der Waals surface area contributed by atoms with Crippen LogP contribution in [0.25, 0.3) is 0 Å². The first-order valence-electron chi connectivity index (χ1n) is 13.1. The molecule has 5 heteroatoms. The van der Waals surface area contributed by atoms with Gasteiger partial charge < -0.3 is 24.8 Å². The number of ether oxygens (including phenoxy) is 2. The molecule has 1 aliphatic heterocycles. The Kier molecular flexibility index (Phi) is 18.6. The quantitative estimate of drug-likeness (QED) is 0.166. The average molecular weight is 443 g/mol. The van der Waals surface area contributed by atoms with Gasteiger partial charge in [0.1, 0.15) is 24.4 Å². The highest BCUT2D eigenvalue weighted by atomic mass is 16.6. The lowest BCUT2D eigenvalue weighted by Crippen LogP contribution is -2.42. The van der Waals surface area contributed by atoms with Crippen molar-refractivity contribution in [3.63, 3.8) is 0 Å². The van der Waals surface area contributed by atoms with Crippen LogP contribution in [0, 0.1) is 0 Å². The largest absolute Gasteiger partial charge is 0.394 e. The van der Waals surface area contributed by atoms with E-state index in [-0.39, 0.29) is 13.2 Å². The van der Waals surface area contributed by atoms with Crippen molar-refractivity contribution in [2.45, 2.75) is 134 Å². The Balaban J connectivity index is 1.82. The zero-order valence-corrected chi connectivity index (χ0v) is 20.1. The molecule has 3 N–H and O–H groups in total. The summed E-state index contributed by atoms with van der Waals surface area (Å²) in [5, 5.41) is 28.8. The van der Waals surface area contributed by atoms with Crippen LogP contribution < -0.4 is 0 Å². The number of hydrogen-bond acceptors (Lipinski definition) is 5. The van der Waals surface area contributed by atoms with Crippen LogP contribution in [0.4, 0.5) is 0 Å². The predicted molar refractivity (Wildman–Crippen MR) is 127 cm³/mol. The second-order valence-corrected chi connectivity index (χ2v) is 9.09. The van der Waals surface area contributed by atoms with Crippen molar-refractivity contribution in [3.8, 4) is 0 Å². The first kappa shape index (κ1) is 28.6. The molecule has 1 saturated heterocycles. The zero-order chi connectivity index (χ0) is 22.6. The summed E-state index contributed by atoms with van der Waals surface area (Å²) in [4.78, 5) is 0. The van der Waals surface area contributed by atoms with Gasteiger partial charge in [0.15, 0.2) is 0 Å². The Morgan fingerprint density at radius 2 is 1.32 bits per heavy atom. The van der Waals surface area contributed by atoms with Gasteiger partial charge in [0.2, 0.25) is 0 Å². The summed E-state index contributed by atoms with van der Waals surface area (Å²) in [6.45, 7) is 2.71. The molecule has 1 aliphatic rings. The summed E-state index contributed by atoms with van der Waals surface area (Å²) in [7, 11) is 0. The smallest absolute Gasteiger partial charge is 0.114 e. The van der Waals surface area contributed by atoms with Crippen LogP contribution in [0.2, 0.25) is 0 Å². The molecule has 5 nitrogen and oxygen atoms in total. The predicted octanol–water partition coefficient (Wildman–Crippen LogP) is 5.30. The van der Waals surface area contributed by atoms with E-state index < -0.39 is 24.4 Å². The van der Waals surface area contributed by atoms with Crippen LogP contribution in [-0.2, 0) is 9.47 Å². The van der Waals surface area contributed by atoms with Crippen molar-refractivity contribution in [3.05, 3.63) is 12.2 Å². The Morgan fingerprint density at radius 1 is 0.806 bits per heavy atom. The summed E-state index contributed by atoms with van der Waals surface area (Å²) >= 11 is 0. The van der Waals surface area contributed by atoms with E-state index >= 15 is 0 Å². The maximum absolute atomic E-state index is 9.85. The number of aliphatic hydroxyl groups is 3. The number of allylic oxidation sites excluding steroid dienone is 2. The lowest BCUT2D eigenvalue weighted by molar-refractivity contribution is -0.101. The van der Waals surface area contributed by atoms with Crippen molar-refractivity contribution in [2.24, 2.45) is 0 Å². The summed E-state index contributed by atoms with van der Waals surface area (Å²) in [6.07, 6.45) is 22.3. The normalized spacial score (nSPS) is 22.5. The molecule has 1 fully saturated rings. The Morgan fingerprint density at radius 3 is 1.81 bits per heavy atom. The maximum Gasteiger partial charge on any atom is 0.114 e.